The van der Waals surface area contributed by atoms with E-state index in [1.165, 1.54) is 11.0 Å². The van der Waals surface area contributed by atoms with Crippen LogP contribution in [0.1, 0.15) is 46.5 Å². The minimum absolute atomic E-state index is 0.0179. The number of amides is 2. The second-order valence-corrected chi connectivity index (χ2v) is 10.1. The molecule has 0 aromatic heterocycles. The van der Waals surface area contributed by atoms with Crippen molar-refractivity contribution in [2.24, 2.45) is 0 Å². The van der Waals surface area contributed by atoms with Gasteiger partial charge in [-0.3, -0.25) is 9.59 Å². The van der Waals surface area contributed by atoms with Crippen LogP contribution in [0.5, 0.6) is 0 Å². The van der Waals surface area contributed by atoms with Crippen LogP contribution in [0.15, 0.2) is 42.5 Å². The lowest BCUT2D eigenvalue weighted by Gasteiger charge is -2.21. The molecule has 1 aliphatic heterocycles. The third-order valence-corrected chi connectivity index (χ3v) is 7.01. The summed E-state index contributed by atoms with van der Waals surface area (Å²) in [6, 6.07) is 9.14. The Kier molecular flexibility index (Phi) is 6.65. The van der Waals surface area contributed by atoms with Crippen LogP contribution >= 0.6 is 22.6 Å². The van der Waals surface area contributed by atoms with Crippen molar-refractivity contribution in [3.05, 3.63) is 97.1 Å². The van der Waals surface area contributed by atoms with Gasteiger partial charge in [-0.15, -0.1) is 0 Å². The summed E-state index contributed by atoms with van der Waals surface area (Å²) in [5, 5.41) is 2.44. The Balaban J connectivity index is 1.67. The second kappa shape index (κ2) is 9.25. The Hall–Kier alpha value is -2.95. The summed E-state index contributed by atoms with van der Waals surface area (Å²) in [5.74, 6) is -4.54. The van der Waals surface area contributed by atoms with Crippen LogP contribution in [0.25, 0.3) is 0 Å². The number of carbonyl (C=O) groups is 2. The van der Waals surface area contributed by atoms with E-state index in [-0.39, 0.29) is 18.0 Å². The third-order valence-electron chi connectivity index (χ3n) is 6.16. The molecule has 0 unspecified atom stereocenters. The van der Waals surface area contributed by atoms with Crippen molar-refractivity contribution >= 4 is 40.1 Å². The fourth-order valence-electron chi connectivity index (χ4n) is 4.28. The molecule has 2 amide bonds. The van der Waals surface area contributed by atoms with Crippen molar-refractivity contribution in [2.75, 3.05) is 4.90 Å². The van der Waals surface area contributed by atoms with E-state index in [4.69, 9.17) is 0 Å². The fourth-order valence-corrected chi connectivity index (χ4v) is 5.56. The number of aryl methyl sites for hydroxylation is 1. The van der Waals surface area contributed by atoms with E-state index in [0.717, 1.165) is 0 Å². The number of carbonyl (C=O) groups excluding carboxylic acids is 2. The topological polar surface area (TPSA) is 49.4 Å². The molecule has 4 rings (SSSR count). The molecule has 1 N–H and O–H groups in total. The number of hydrogen-bond donors (Lipinski definition) is 1. The van der Waals surface area contributed by atoms with E-state index in [9.17, 15) is 27.2 Å². The molecule has 0 atom stereocenters. The maximum atomic E-state index is 14.7. The summed E-state index contributed by atoms with van der Waals surface area (Å²) in [6.45, 7) is 4.66. The van der Waals surface area contributed by atoms with Gasteiger partial charge in [-0.1, -0.05) is 18.2 Å². The third kappa shape index (κ3) is 4.53. The van der Waals surface area contributed by atoms with Crippen LogP contribution in [-0.2, 0) is 23.3 Å². The summed E-state index contributed by atoms with van der Waals surface area (Å²) in [4.78, 5) is 27.6. The zero-order chi connectivity index (χ0) is 25.7. The first-order valence-electron chi connectivity index (χ1n) is 10.7. The fraction of sp³-hybridized carbons (Fsp3) is 0.231. The first-order valence-corrected chi connectivity index (χ1v) is 11.8. The quantitative estimate of drug-likeness (QED) is 0.294. The number of hydrogen-bond acceptors (Lipinski definition) is 2. The number of benzene rings is 3. The molecule has 0 aliphatic carbocycles. The summed E-state index contributed by atoms with van der Waals surface area (Å²) in [7, 11) is 0. The summed E-state index contributed by atoms with van der Waals surface area (Å²) < 4.78 is 56.4. The Morgan fingerprint density at radius 1 is 1.06 bits per heavy atom. The highest BCUT2D eigenvalue weighted by molar-refractivity contribution is 14.1. The van der Waals surface area contributed by atoms with Gasteiger partial charge < -0.3 is 10.2 Å². The van der Waals surface area contributed by atoms with E-state index in [2.05, 4.69) is 5.32 Å². The van der Waals surface area contributed by atoms with Crippen LogP contribution in [0.3, 0.4) is 0 Å². The standard InChI is InChI=1S/C26H21F4IN2O2/c1-13-5-4-6-14(23(13)30)12-33-21-8-15(7-20(31)22(21)26(2,3)25(33)35)24(34)32-11-17-18(28)9-16(27)10-19(17)29/h4-10H,11-12H2,1-3H3,(H,32,34). The molecule has 1 aliphatic rings. The molecule has 0 bridgehead atoms. The number of fused-ring (bicyclic) bond motifs is 1. The van der Waals surface area contributed by atoms with Crippen LogP contribution in [0.2, 0.25) is 0 Å². The molecule has 0 saturated heterocycles. The molecule has 182 valence electrons. The number of rotatable bonds is 5. The highest BCUT2D eigenvalue weighted by Gasteiger charge is 2.45. The molecular weight excluding hydrogens is 575 g/mol. The van der Waals surface area contributed by atoms with Gasteiger partial charge in [-0.2, -0.15) is 0 Å². The number of nitrogens with zero attached hydrogens (tertiary/aromatic N) is 1. The molecule has 1 heterocycles. The summed E-state index contributed by atoms with van der Waals surface area (Å²) in [6.07, 6.45) is 0. The minimum atomic E-state index is -1.11. The van der Waals surface area contributed by atoms with Gasteiger partial charge in [0.1, 0.15) is 23.3 Å². The lowest BCUT2D eigenvalue weighted by molar-refractivity contribution is -0.122. The van der Waals surface area contributed by atoms with Crippen LogP contribution < -0.4 is 10.2 Å². The molecule has 0 spiro atoms. The Morgan fingerprint density at radius 3 is 2.37 bits per heavy atom. The van der Waals surface area contributed by atoms with E-state index >= 15 is 0 Å². The zero-order valence-corrected chi connectivity index (χ0v) is 21.3. The van der Waals surface area contributed by atoms with Crippen LogP contribution in [0.4, 0.5) is 23.2 Å². The van der Waals surface area contributed by atoms with Crippen LogP contribution in [0, 0.1) is 33.8 Å². The van der Waals surface area contributed by atoms with E-state index < -0.39 is 46.7 Å². The van der Waals surface area contributed by atoms with Gasteiger partial charge in [-0.25, -0.2) is 17.6 Å². The normalized spacial score (nSPS) is 14.3. The maximum absolute atomic E-state index is 14.7. The van der Waals surface area contributed by atoms with E-state index in [0.29, 0.717) is 38.1 Å². The smallest absolute Gasteiger partial charge is 0.251 e. The largest absolute Gasteiger partial charge is 0.348 e. The molecule has 0 saturated carbocycles. The van der Waals surface area contributed by atoms with Gasteiger partial charge in [0.15, 0.2) is 0 Å². The monoisotopic (exact) mass is 596 g/mol. The first-order chi connectivity index (χ1) is 16.4. The number of anilines is 1. The summed E-state index contributed by atoms with van der Waals surface area (Å²) in [5.41, 5.74) is 0.771. The van der Waals surface area contributed by atoms with Crippen molar-refractivity contribution < 1.29 is 27.2 Å². The van der Waals surface area contributed by atoms with Gasteiger partial charge in [0, 0.05) is 44.5 Å². The van der Waals surface area contributed by atoms with Crippen molar-refractivity contribution in [3.63, 3.8) is 0 Å². The van der Waals surface area contributed by atoms with Crippen molar-refractivity contribution in [3.8, 4) is 0 Å². The average molecular weight is 596 g/mol. The second-order valence-electron chi connectivity index (χ2n) is 8.95. The van der Waals surface area contributed by atoms with Crippen molar-refractivity contribution in [1.29, 1.82) is 0 Å². The number of halogens is 5. The highest BCUT2D eigenvalue weighted by Crippen LogP contribution is 2.45. The molecule has 4 nitrogen and oxygen atoms in total. The van der Waals surface area contributed by atoms with Gasteiger partial charge in [0.25, 0.3) is 5.91 Å². The Bertz CT molecular complexity index is 1350. The lowest BCUT2D eigenvalue weighted by Crippen LogP contribution is -2.36. The predicted octanol–water partition coefficient (Wildman–Crippen LogP) is 5.91. The SMILES string of the molecule is Cc1cccc(CN2C(=O)C(C)(C)c3c(I)cc(C(=O)NCc4c(F)cc(F)cc4F)cc32)c1F. The molecule has 3 aromatic rings. The molecule has 9 heteroatoms. The van der Waals surface area contributed by atoms with Crippen LogP contribution in [-0.4, -0.2) is 11.8 Å². The molecule has 0 fully saturated rings. The van der Waals surface area contributed by atoms with Gasteiger partial charge in [0.2, 0.25) is 5.91 Å². The lowest BCUT2D eigenvalue weighted by atomic mass is 9.86. The molecule has 35 heavy (non-hydrogen) atoms. The predicted molar refractivity (Wildman–Crippen MR) is 132 cm³/mol. The molecule has 0 radical (unpaired) electrons. The van der Waals surface area contributed by atoms with Gasteiger partial charge in [0.05, 0.1) is 17.6 Å². The highest BCUT2D eigenvalue weighted by atomic mass is 127. The average Bonchev–Trinajstić information content (AvgIpc) is 2.96. The minimum Gasteiger partial charge on any atom is -0.348 e. The number of nitrogens with one attached hydrogen (secondary N) is 1. The first kappa shape index (κ1) is 25.2. The zero-order valence-electron chi connectivity index (χ0n) is 19.1. The van der Waals surface area contributed by atoms with Gasteiger partial charge >= 0.3 is 0 Å². The van der Waals surface area contributed by atoms with Crippen molar-refractivity contribution in [1.82, 2.24) is 5.32 Å². The Labute approximate surface area is 213 Å². The molecule has 3 aromatic carbocycles. The van der Waals surface area contributed by atoms with Gasteiger partial charge in [-0.05, 0) is 61.1 Å². The summed E-state index contributed by atoms with van der Waals surface area (Å²) >= 11 is 2.03. The van der Waals surface area contributed by atoms with E-state index in [1.54, 1.807) is 45.0 Å². The molecular formula is C26H21F4IN2O2. The van der Waals surface area contributed by atoms with Crippen molar-refractivity contribution in [2.45, 2.75) is 39.3 Å². The maximum Gasteiger partial charge on any atom is 0.251 e. The van der Waals surface area contributed by atoms with E-state index in [1.807, 2.05) is 22.6 Å². The Morgan fingerprint density at radius 2 is 1.71 bits per heavy atom.